The van der Waals surface area contributed by atoms with Gasteiger partial charge in [0.2, 0.25) is 5.91 Å². The van der Waals surface area contributed by atoms with E-state index in [0.717, 1.165) is 0 Å². The van der Waals surface area contributed by atoms with Gasteiger partial charge in [-0.1, -0.05) is 13.8 Å². The molecule has 1 aliphatic rings. The quantitative estimate of drug-likeness (QED) is 0.743. The van der Waals surface area contributed by atoms with Gasteiger partial charge in [0.25, 0.3) is 0 Å². The van der Waals surface area contributed by atoms with Gasteiger partial charge in [0.05, 0.1) is 18.4 Å². The molecule has 1 aliphatic heterocycles. The molecule has 6 nitrogen and oxygen atoms in total. The average Bonchev–Trinajstić information content (AvgIpc) is 2.93. The van der Waals surface area contributed by atoms with Gasteiger partial charge in [-0.15, -0.1) is 0 Å². The Hall–Kier alpha value is -1.59. The number of carbonyl (C=O) groups excluding carboxylic acids is 2. The summed E-state index contributed by atoms with van der Waals surface area (Å²) in [5, 5.41) is 9.35. The zero-order chi connectivity index (χ0) is 15.3. The van der Waals surface area contributed by atoms with Crippen LogP contribution in [0.1, 0.15) is 39.5 Å². The fraction of sp³-hybridized carbons (Fsp3) is 0.786. The van der Waals surface area contributed by atoms with Gasteiger partial charge in [0, 0.05) is 19.5 Å². The van der Waals surface area contributed by atoms with Crippen molar-refractivity contribution in [3.05, 3.63) is 0 Å². The van der Waals surface area contributed by atoms with E-state index >= 15 is 0 Å². The number of esters is 1. The number of amides is 1. The molecular weight excluding hydrogens is 262 g/mol. The number of carboxylic acid groups (broad SMARTS) is 1. The second-order valence-corrected chi connectivity index (χ2v) is 5.32. The second-order valence-electron chi connectivity index (χ2n) is 5.32. The lowest BCUT2D eigenvalue weighted by Gasteiger charge is -2.28. The molecule has 1 rings (SSSR count). The summed E-state index contributed by atoms with van der Waals surface area (Å²) in [7, 11) is 1.33. The highest BCUT2D eigenvalue weighted by atomic mass is 16.5. The summed E-state index contributed by atoms with van der Waals surface area (Å²) in [6.45, 7) is 4.38. The van der Waals surface area contributed by atoms with Crippen molar-refractivity contribution in [3.8, 4) is 0 Å². The van der Waals surface area contributed by atoms with Crippen LogP contribution in [0.25, 0.3) is 0 Å². The van der Waals surface area contributed by atoms with E-state index in [-0.39, 0.29) is 24.2 Å². The molecule has 1 amide bonds. The summed E-state index contributed by atoms with van der Waals surface area (Å²) in [5.41, 5.74) is -1.000. The third-order valence-corrected chi connectivity index (χ3v) is 4.37. The molecule has 0 radical (unpaired) electrons. The number of aliphatic carboxylic acids is 1. The van der Waals surface area contributed by atoms with Crippen LogP contribution in [0.4, 0.5) is 0 Å². The van der Waals surface area contributed by atoms with Crippen molar-refractivity contribution in [2.24, 2.45) is 11.3 Å². The fourth-order valence-corrected chi connectivity index (χ4v) is 2.63. The highest BCUT2D eigenvalue weighted by Gasteiger charge is 2.40. The number of likely N-dealkylation sites (tertiary alicyclic amines) is 1. The molecule has 1 saturated heterocycles. The monoisotopic (exact) mass is 285 g/mol. The van der Waals surface area contributed by atoms with E-state index in [4.69, 9.17) is 0 Å². The van der Waals surface area contributed by atoms with Crippen LogP contribution in [0.15, 0.2) is 0 Å². The van der Waals surface area contributed by atoms with Crippen LogP contribution in [-0.2, 0) is 19.1 Å². The van der Waals surface area contributed by atoms with E-state index in [1.807, 2.05) is 0 Å². The molecule has 114 valence electrons. The largest absolute Gasteiger partial charge is 0.481 e. The smallest absolute Gasteiger partial charge is 0.310 e. The van der Waals surface area contributed by atoms with Crippen molar-refractivity contribution >= 4 is 17.8 Å². The maximum atomic E-state index is 12.3. The Morgan fingerprint density at radius 2 is 1.90 bits per heavy atom. The molecule has 1 heterocycles. The molecule has 0 aliphatic carbocycles. The Labute approximate surface area is 119 Å². The summed E-state index contributed by atoms with van der Waals surface area (Å²) in [6.07, 6.45) is 1.40. The lowest BCUT2D eigenvalue weighted by molar-refractivity contribution is -0.154. The average molecular weight is 285 g/mol. The topological polar surface area (TPSA) is 83.9 Å². The van der Waals surface area contributed by atoms with Crippen LogP contribution in [0.2, 0.25) is 0 Å². The standard InChI is InChI=1S/C14H23NO5/c1-4-14(5-2,13(18)19)8-11(16)15-7-6-10(9-15)12(17)20-3/h10H,4-9H2,1-3H3,(H,18,19). The number of carbonyl (C=O) groups is 3. The first-order valence-electron chi connectivity index (χ1n) is 6.99. The van der Waals surface area contributed by atoms with Gasteiger partial charge < -0.3 is 14.7 Å². The van der Waals surface area contributed by atoms with E-state index in [2.05, 4.69) is 4.74 Å². The highest BCUT2D eigenvalue weighted by molar-refractivity contribution is 5.85. The lowest BCUT2D eigenvalue weighted by Crippen LogP contribution is -2.38. The third kappa shape index (κ3) is 3.29. The Bertz CT molecular complexity index is 389. The summed E-state index contributed by atoms with van der Waals surface area (Å²) < 4.78 is 4.67. The molecular formula is C14H23NO5. The third-order valence-electron chi connectivity index (χ3n) is 4.37. The van der Waals surface area contributed by atoms with E-state index in [0.29, 0.717) is 32.4 Å². The van der Waals surface area contributed by atoms with Gasteiger partial charge in [-0.2, -0.15) is 0 Å². The Kier molecular flexibility index (Phi) is 5.53. The van der Waals surface area contributed by atoms with Crippen LogP contribution < -0.4 is 0 Å². The van der Waals surface area contributed by atoms with Crippen LogP contribution in [0.3, 0.4) is 0 Å². The summed E-state index contributed by atoms with van der Waals surface area (Å²) >= 11 is 0. The molecule has 6 heteroatoms. The van der Waals surface area contributed by atoms with E-state index in [1.54, 1.807) is 18.7 Å². The zero-order valence-electron chi connectivity index (χ0n) is 12.3. The molecule has 1 atom stereocenters. The summed E-state index contributed by atoms with van der Waals surface area (Å²) in [4.78, 5) is 36.7. The van der Waals surface area contributed by atoms with Crippen molar-refractivity contribution in [1.82, 2.24) is 4.90 Å². The second kappa shape index (κ2) is 6.72. The molecule has 20 heavy (non-hydrogen) atoms. The molecule has 0 aromatic heterocycles. The van der Waals surface area contributed by atoms with E-state index in [9.17, 15) is 19.5 Å². The minimum atomic E-state index is -1.000. The van der Waals surface area contributed by atoms with Gasteiger partial charge in [-0.3, -0.25) is 14.4 Å². The van der Waals surface area contributed by atoms with Crippen LogP contribution in [-0.4, -0.2) is 48.1 Å². The number of hydrogen-bond donors (Lipinski definition) is 1. The Morgan fingerprint density at radius 1 is 1.30 bits per heavy atom. The first-order chi connectivity index (χ1) is 9.40. The van der Waals surface area contributed by atoms with Crippen LogP contribution >= 0.6 is 0 Å². The molecule has 1 unspecified atom stereocenters. The first-order valence-corrected chi connectivity index (χ1v) is 6.99. The van der Waals surface area contributed by atoms with Crippen molar-refractivity contribution in [2.75, 3.05) is 20.2 Å². The molecule has 1 fully saturated rings. The predicted octanol–water partition coefficient (Wildman–Crippen LogP) is 1.29. The predicted molar refractivity (Wildman–Crippen MR) is 72.0 cm³/mol. The molecule has 0 aromatic carbocycles. The fourth-order valence-electron chi connectivity index (χ4n) is 2.63. The van der Waals surface area contributed by atoms with Crippen molar-refractivity contribution in [3.63, 3.8) is 0 Å². The van der Waals surface area contributed by atoms with Gasteiger partial charge in [0.15, 0.2) is 0 Å². The molecule has 0 saturated carbocycles. The number of carboxylic acids is 1. The maximum absolute atomic E-state index is 12.3. The summed E-state index contributed by atoms with van der Waals surface area (Å²) in [6, 6.07) is 0. The van der Waals surface area contributed by atoms with Crippen molar-refractivity contribution in [2.45, 2.75) is 39.5 Å². The number of methoxy groups -OCH3 is 1. The summed E-state index contributed by atoms with van der Waals surface area (Å²) in [5.74, 6) is -1.72. The molecule has 1 N–H and O–H groups in total. The highest BCUT2D eigenvalue weighted by Crippen LogP contribution is 2.32. The Morgan fingerprint density at radius 3 is 2.35 bits per heavy atom. The first kappa shape index (κ1) is 16.5. The van der Waals surface area contributed by atoms with E-state index in [1.165, 1.54) is 7.11 Å². The SMILES string of the molecule is CCC(CC)(CC(=O)N1CCC(C(=O)OC)C1)C(=O)O. The number of rotatable bonds is 6. The van der Waals surface area contributed by atoms with Crippen molar-refractivity contribution in [1.29, 1.82) is 0 Å². The number of ether oxygens (including phenoxy) is 1. The lowest BCUT2D eigenvalue weighted by atomic mass is 9.79. The van der Waals surface area contributed by atoms with Crippen LogP contribution in [0, 0.1) is 11.3 Å². The number of nitrogens with zero attached hydrogens (tertiary/aromatic N) is 1. The molecule has 0 bridgehead atoms. The molecule has 0 aromatic rings. The van der Waals surface area contributed by atoms with Gasteiger partial charge in [-0.05, 0) is 19.3 Å². The van der Waals surface area contributed by atoms with Crippen LogP contribution in [0.5, 0.6) is 0 Å². The maximum Gasteiger partial charge on any atom is 0.310 e. The van der Waals surface area contributed by atoms with E-state index < -0.39 is 11.4 Å². The molecule has 0 spiro atoms. The Balaban J connectivity index is 2.68. The van der Waals surface area contributed by atoms with Crippen molar-refractivity contribution < 1.29 is 24.2 Å². The minimum absolute atomic E-state index is 0.0107. The minimum Gasteiger partial charge on any atom is -0.481 e. The zero-order valence-corrected chi connectivity index (χ0v) is 12.3. The van der Waals surface area contributed by atoms with Gasteiger partial charge >= 0.3 is 11.9 Å². The van der Waals surface area contributed by atoms with Gasteiger partial charge in [0.1, 0.15) is 0 Å². The number of hydrogen-bond acceptors (Lipinski definition) is 4. The normalized spacial score (nSPS) is 18.9. The van der Waals surface area contributed by atoms with Gasteiger partial charge in [-0.25, -0.2) is 0 Å².